The molecule has 5 nitrogen and oxygen atoms in total. The predicted octanol–water partition coefficient (Wildman–Crippen LogP) is 3.15. The number of methoxy groups -OCH3 is 1. The van der Waals surface area contributed by atoms with Crippen LogP contribution >= 0.6 is 0 Å². The van der Waals surface area contributed by atoms with Crippen LogP contribution in [0.4, 0.5) is 17.1 Å². The summed E-state index contributed by atoms with van der Waals surface area (Å²) in [5.41, 5.74) is 4.37. The van der Waals surface area contributed by atoms with Gasteiger partial charge < -0.3 is 20.7 Å². The molecule has 1 aliphatic rings. The van der Waals surface area contributed by atoms with Gasteiger partial charge in [0.15, 0.2) is 0 Å². The van der Waals surface area contributed by atoms with Crippen LogP contribution in [0.5, 0.6) is 0 Å². The molecule has 0 atom stereocenters. The van der Waals surface area contributed by atoms with E-state index >= 15 is 0 Å². The molecule has 23 heavy (non-hydrogen) atoms. The van der Waals surface area contributed by atoms with Gasteiger partial charge in [-0.05, 0) is 30.3 Å². The van der Waals surface area contributed by atoms with Crippen LogP contribution in [0.3, 0.4) is 0 Å². The first-order chi connectivity index (χ1) is 11.3. The average molecular weight is 309 g/mol. The van der Waals surface area contributed by atoms with E-state index in [1.807, 2.05) is 48.5 Å². The predicted molar refractivity (Wildman–Crippen MR) is 93.5 cm³/mol. The van der Waals surface area contributed by atoms with Gasteiger partial charge in [-0.1, -0.05) is 18.2 Å². The second-order valence-electron chi connectivity index (χ2n) is 5.20. The standard InChI is InChI=1S/C18H19N3O2/c1-23-11-10-19-13-6-8-14(9-7-13)20-12-16-15-4-2-3-5-17(15)21-18(16)22/h2-9,12,19-20H,10-11H2,1H3,(H,21,22). The Morgan fingerprint density at radius 1 is 1.09 bits per heavy atom. The van der Waals surface area contributed by atoms with Crippen LogP contribution in [-0.4, -0.2) is 26.2 Å². The number of fused-ring (bicyclic) bond motifs is 1. The highest BCUT2D eigenvalue weighted by Crippen LogP contribution is 2.31. The van der Waals surface area contributed by atoms with Crippen LogP contribution in [0.25, 0.3) is 5.57 Å². The molecular formula is C18H19N3O2. The molecule has 0 radical (unpaired) electrons. The lowest BCUT2D eigenvalue weighted by Gasteiger charge is -2.07. The first-order valence-electron chi connectivity index (χ1n) is 7.48. The van der Waals surface area contributed by atoms with Crippen LogP contribution < -0.4 is 16.0 Å². The lowest BCUT2D eigenvalue weighted by atomic mass is 10.1. The molecule has 0 saturated carbocycles. The monoisotopic (exact) mass is 309 g/mol. The number of para-hydroxylation sites is 1. The van der Waals surface area contributed by atoms with Gasteiger partial charge in [0.05, 0.1) is 12.2 Å². The maximum absolute atomic E-state index is 12.0. The van der Waals surface area contributed by atoms with Crippen molar-refractivity contribution in [2.45, 2.75) is 0 Å². The summed E-state index contributed by atoms with van der Waals surface area (Å²) in [4.78, 5) is 12.0. The molecule has 0 fully saturated rings. The van der Waals surface area contributed by atoms with Crippen LogP contribution in [0, 0.1) is 0 Å². The molecule has 0 spiro atoms. The number of carbonyl (C=O) groups is 1. The number of anilines is 3. The normalized spacial score (nSPS) is 14.5. The Labute approximate surface area is 135 Å². The quantitative estimate of drug-likeness (QED) is 0.566. The van der Waals surface area contributed by atoms with E-state index in [0.29, 0.717) is 12.2 Å². The zero-order chi connectivity index (χ0) is 16.1. The maximum atomic E-state index is 12.0. The van der Waals surface area contributed by atoms with E-state index in [0.717, 1.165) is 29.2 Å². The molecule has 0 aromatic heterocycles. The number of amides is 1. The van der Waals surface area contributed by atoms with E-state index in [4.69, 9.17) is 4.74 Å². The number of hydrogen-bond acceptors (Lipinski definition) is 4. The minimum atomic E-state index is -0.0865. The Morgan fingerprint density at radius 3 is 2.61 bits per heavy atom. The van der Waals surface area contributed by atoms with Gasteiger partial charge in [-0.3, -0.25) is 4.79 Å². The zero-order valence-electron chi connectivity index (χ0n) is 12.9. The van der Waals surface area contributed by atoms with Gasteiger partial charge in [0.1, 0.15) is 0 Å². The molecule has 1 aliphatic heterocycles. The highest BCUT2D eigenvalue weighted by molar-refractivity contribution is 6.31. The minimum absolute atomic E-state index is 0.0865. The summed E-state index contributed by atoms with van der Waals surface area (Å²) < 4.78 is 5.00. The van der Waals surface area contributed by atoms with Crippen molar-refractivity contribution in [2.24, 2.45) is 0 Å². The van der Waals surface area contributed by atoms with E-state index < -0.39 is 0 Å². The summed E-state index contributed by atoms with van der Waals surface area (Å²) in [6.07, 6.45) is 1.74. The summed E-state index contributed by atoms with van der Waals surface area (Å²) in [6.45, 7) is 1.44. The van der Waals surface area contributed by atoms with Crippen LogP contribution in [0.1, 0.15) is 5.56 Å². The van der Waals surface area contributed by atoms with E-state index in [1.165, 1.54) is 0 Å². The lowest BCUT2D eigenvalue weighted by molar-refractivity contribution is -0.110. The second-order valence-corrected chi connectivity index (χ2v) is 5.20. The van der Waals surface area contributed by atoms with Crippen molar-refractivity contribution in [3.05, 3.63) is 60.3 Å². The SMILES string of the molecule is COCCNc1ccc(NC=C2C(=O)Nc3ccccc32)cc1. The molecule has 1 heterocycles. The first kappa shape index (κ1) is 15.1. The fraction of sp³-hybridized carbons (Fsp3) is 0.167. The molecule has 0 aliphatic carbocycles. The summed E-state index contributed by atoms with van der Waals surface area (Å²) in [5, 5.41) is 9.29. The molecule has 0 saturated heterocycles. The Morgan fingerprint density at radius 2 is 1.83 bits per heavy atom. The second kappa shape index (κ2) is 6.98. The smallest absolute Gasteiger partial charge is 0.257 e. The molecular weight excluding hydrogens is 290 g/mol. The van der Waals surface area contributed by atoms with E-state index in [1.54, 1.807) is 13.3 Å². The third-order valence-corrected chi connectivity index (χ3v) is 3.61. The lowest BCUT2D eigenvalue weighted by Crippen LogP contribution is -2.07. The average Bonchev–Trinajstić information content (AvgIpc) is 2.90. The van der Waals surface area contributed by atoms with Crippen molar-refractivity contribution in [3.63, 3.8) is 0 Å². The summed E-state index contributed by atoms with van der Waals surface area (Å²) in [5.74, 6) is -0.0865. The number of rotatable bonds is 6. The largest absolute Gasteiger partial charge is 0.383 e. The molecule has 3 N–H and O–H groups in total. The van der Waals surface area contributed by atoms with Crippen molar-refractivity contribution in [1.82, 2.24) is 0 Å². The third kappa shape index (κ3) is 3.52. The van der Waals surface area contributed by atoms with Gasteiger partial charge in [-0.2, -0.15) is 0 Å². The van der Waals surface area contributed by atoms with Crippen LogP contribution in [-0.2, 0) is 9.53 Å². The molecule has 118 valence electrons. The van der Waals surface area contributed by atoms with E-state index in [-0.39, 0.29) is 5.91 Å². The number of benzene rings is 2. The van der Waals surface area contributed by atoms with Crippen molar-refractivity contribution in [2.75, 3.05) is 36.2 Å². The number of hydrogen-bond donors (Lipinski definition) is 3. The highest BCUT2D eigenvalue weighted by Gasteiger charge is 2.23. The number of ether oxygens (including phenoxy) is 1. The fourth-order valence-electron chi connectivity index (χ4n) is 2.42. The molecule has 2 aromatic rings. The molecule has 0 unspecified atom stereocenters. The van der Waals surface area contributed by atoms with Crippen molar-refractivity contribution in [3.8, 4) is 0 Å². The Hall–Kier alpha value is -2.79. The summed E-state index contributed by atoms with van der Waals surface area (Å²) in [7, 11) is 1.68. The van der Waals surface area contributed by atoms with Gasteiger partial charge in [-0.15, -0.1) is 0 Å². The van der Waals surface area contributed by atoms with E-state index in [2.05, 4.69) is 16.0 Å². The topological polar surface area (TPSA) is 62.4 Å². The Balaban J connectivity index is 1.67. The summed E-state index contributed by atoms with van der Waals surface area (Å²) in [6, 6.07) is 15.6. The maximum Gasteiger partial charge on any atom is 0.257 e. The summed E-state index contributed by atoms with van der Waals surface area (Å²) >= 11 is 0. The fourth-order valence-corrected chi connectivity index (χ4v) is 2.42. The van der Waals surface area contributed by atoms with Crippen molar-refractivity contribution in [1.29, 1.82) is 0 Å². The number of nitrogens with one attached hydrogen (secondary N) is 3. The molecule has 0 bridgehead atoms. The van der Waals surface area contributed by atoms with Gasteiger partial charge in [0.25, 0.3) is 5.91 Å². The first-order valence-corrected chi connectivity index (χ1v) is 7.48. The van der Waals surface area contributed by atoms with E-state index in [9.17, 15) is 4.79 Å². The van der Waals surface area contributed by atoms with Crippen LogP contribution in [0.15, 0.2) is 54.7 Å². The van der Waals surface area contributed by atoms with Gasteiger partial charge in [0.2, 0.25) is 0 Å². The molecule has 5 heteroatoms. The van der Waals surface area contributed by atoms with Crippen molar-refractivity contribution >= 4 is 28.5 Å². The highest BCUT2D eigenvalue weighted by atomic mass is 16.5. The van der Waals surface area contributed by atoms with Gasteiger partial charge in [-0.25, -0.2) is 0 Å². The Kier molecular flexibility index (Phi) is 4.59. The van der Waals surface area contributed by atoms with Crippen LogP contribution in [0.2, 0.25) is 0 Å². The molecule has 3 rings (SSSR count). The Bertz CT molecular complexity index is 723. The van der Waals surface area contributed by atoms with Crippen molar-refractivity contribution < 1.29 is 9.53 Å². The number of carbonyl (C=O) groups excluding carboxylic acids is 1. The zero-order valence-corrected chi connectivity index (χ0v) is 12.9. The third-order valence-electron chi connectivity index (χ3n) is 3.61. The molecule has 2 aromatic carbocycles. The van der Waals surface area contributed by atoms with Gasteiger partial charge >= 0.3 is 0 Å². The molecule has 1 amide bonds. The van der Waals surface area contributed by atoms with Gasteiger partial charge in [0, 0.05) is 42.5 Å². The minimum Gasteiger partial charge on any atom is -0.383 e.